The van der Waals surface area contributed by atoms with Crippen LogP contribution in [0.15, 0.2) is 42.6 Å². The van der Waals surface area contributed by atoms with Crippen LogP contribution in [0.2, 0.25) is 0 Å². The van der Waals surface area contributed by atoms with Crippen molar-refractivity contribution in [1.82, 2.24) is 9.88 Å². The summed E-state index contributed by atoms with van der Waals surface area (Å²) in [6, 6.07) is 10.8. The Morgan fingerprint density at radius 1 is 1.17 bits per heavy atom. The minimum absolute atomic E-state index is 0.00451. The van der Waals surface area contributed by atoms with Crippen LogP contribution in [-0.4, -0.2) is 34.8 Å². The van der Waals surface area contributed by atoms with Crippen LogP contribution in [0.1, 0.15) is 29.5 Å². The summed E-state index contributed by atoms with van der Waals surface area (Å²) < 4.78 is 13.6. The lowest BCUT2D eigenvalue weighted by molar-refractivity contribution is -0.128. The van der Waals surface area contributed by atoms with Gasteiger partial charge in [0.15, 0.2) is 0 Å². The fraction of sp³-hybridized carbons (Fsp3) is 0.333. The number of rotatable bonds is 5. The zero-order chi connectivity index (χ0) is 20.7. The predicted octanol–water partition coefficient (Wildman–Crippen LogP) is 3.83. The van der Waals surface area contributed by atoms with Gasteiger partial charge in [0.2, 0.25) is 11.8 Å². The number of H-pyrrole nitrogens is 1. The van der Waals surface area contributed by atoms with E-state index in [1.54, 1.807) is 11.0 Å². The third-order valence-corrected chi connectivity index (χ3v) is 6.33. The summed E-state index contributed by atoms with van der Waals surface area (Å²) in [5.41, 5.74) is 5.35. The van der Waals surface area contributed by atoms with E-state index in [4.69, 9.17) is 0 Å². The zero-order valence-electron chi connectivity index (χ0n) is 16.7. The molecule has 6 heteroatoms. The SMILES string of the molecule is O=C(Nc1ccc2c(c1)CCC2)[C@@H]1CC(=O)N(CCc2c[nH]c3ccc(F)cc23)C1. The minimum Gasteiger partial charge on any atom is -0.361 e. The van der Waals surface area contributed by atoms with Crippen LogP contribution in [0.3, 0.4) is 0 Å². The van der Waals surface area contributed by atoms with Crippen molar-refractivity contribution < 1.29 is 14.0 Å². The molecule has 1 aliphatic heterocycles. The summed E-state index contributed by atoms with van der Waals surface area (Å²) in [5, 5.41) is 3.83. The van der Waals surface area contributed by atoms with Gasteiger partial charge in [0.05, 0.1) is 5.92 Å². The highest BCUT2D eigenvalue weighted by molar-refractivity contribution is 5.97. The summed E-state index contributed by atoms with van der Waals surface area (Å²) in [6.07, 6.45) is 6.06. The maximum Gasteiger partial charge on any atom is 0.229 e. The molecular formula is C24H24FN3O2. The maximum absolute atomic E-state index is 13.6. The lowest BCUT2D eigenvalue weighted by Gasteiger charge is -2.16. The number of halogens is 1. The lowest BCUT2D eigenvalue weighted by Crippen LogP contribution is -2.30. The number of aromatic amines is 1. The van der Waals surface area contributed by atoms with Gasteiger partial charge in [-0.3, -0.25) is 9.59 Å². The highest BCUT2D eigenvalue weighted by atomic mass is 19.1. The predicted molar refractivity (Wildman–Crippen MR) is 114 cm³/mol. The summed E-state index contributed by atoms with van der Waals surface area (Å²) in [4.78, 5) is 30.0. The fourth-order valence-corrected chi connectivity index (χ4v) is 4.67. The van der Waals surface area contributed by atoms with Gasteiger partial charge >= 0.3 is 0 Å². The Morgan fingerprint density at radius 2 is 2.03 bits per heavy atom. The van der Waals surface area contributed by atoms with Gasteiger partial charge < -0.3 is 15.2 Å². The molecule has 30 heavy (non-hydrogen) atoms. The van der Waals surface area contributed by atoms with Crippen LogP contribution >= 0.6 is 0 Å². The van der Waals surface area contributed by atoms with Crippen molar-refractivity contribution in [2.75, 3.05) is 18.4 Å². The summed E-state index contributed by atoms with van der Waals surface area (Å²) in [6.45, 7) is 0.942. The minimum atomic E-state index is -0.342. The first-order valence-corrected chi connectivity index (χ1v) is 10.5. The third-order valence-electron chi connectivity index (χ3n) is 6.33. The molecule has 1 aromatic heterocycles. The van der Waals surface area contributed by atoms with Crippen molar-refractivity contribution in [2.24, 2.45) is 5.92 Å². The molecular weight excluding hydrogens is 381 g/mol. The summed E-state index contributed by atoms with van der Waals surface area (Å²) in [5.74, 6) is -0.719. The van der Waals surface area contributed by atoms with Crippen LogP contribution < -0.4 is 5.32 Å². The number of carbonyl (C=O) groups is 2. The number of aryl methyl sites for hydroxylation is 2. The van der Waals surface area contributed by atoms with Crippen molar-refractivity contribution in [1.29, 1.82) is 0 Å². The molecule has 5 nitrogen and oxygen atoms in total. The molecule has 2 aromatic carbocycles. The molecule has 2 amide bonds. The fourth-order valence-electron chi connectivity index (χ4n) is 4.67. The number of nitrogens with one attached hydrogen (secondary N) is 2. The Hall–Kier alpha value is -3.15. The molecule has 2 N–H and O–H groups in total. The Morgan fingerprint density at radius 3 is 2.93 bits per heavy atom. The molecule has 2 aliphatic rings. The molecule has 1 atom stereocenters. The molecule has 3 aromatic rings. The molecule has 5 rings (SSSR count). The Bertz CT molecular complexity index is 1140. The van der Waals surface area contributed by atoms with E-state index in [1.165, 1.54) is 29.7 Å². The lowest BCUT2D eigenvalue weighted by atomic mass is 10.1. The average molecular weight is 405 g/mol. The number of aromatic nitrogens is 1. The average Bonchev–Trinajstić information content (AvgIpc) is 3.44. The summed E-state index contributed by atoms with van der Waals surface area (Å²) >= 11 is 0. The van der Waals surface area contributed by atoms with Gasteiger partial charge in [-0.2, -0.15) is 0 Å². The third kappa shape index (κ3) is 3.58. The standard InChI is InChI=1S/C24H24FN3O2/c25-19-5-7-22-21(12-19)17(13-26-22)8-9-28-14-18(11-23(28)29)24(30)27-20-6-4-15-2-1-3-16(15)10-20/h4-7,10,12-13,18,26H,1-3,8-9,11,14H2,(H,27,30)/t18-/m1/s1. The van der Waals surface area contributed by atoms with Gasteiger partial charge in [-0.05, 0) is 72.7 Å². The quantitative estimate of drug-likeness (QED) is 0.678. The molecule has 0 saturated carbocycles. The van der Waals surface area contributed by atoms with Gasteiger partial charge in [0.25, 0.3) is 0 Å². The second kappa shape index (κ2) is 7.59. The number of hydrogen-bond donors (Lipinski definition) is 2. The number of amides is 2. The van der Waals surface area contributed by atoms with E-state index in [9.17, 15) is 14.0 Å². The number of likely N-dealkylation sites (tertiary alicyclic amines) is 1. The summed E-state index contributed by atoms with van der Waals surface area (Å²) in [7, 11) is 0. The van der Waals surface area contributed by atoms with Gasteiger partial charge in [0.1, 0.15) is 5.82 Å². The first-order valence-electron chi connectivity index (χ1n) is 10.5. The van der Waals surface area contributed by atoms with E-state index >= 15 is 0 Å². The van der Waals surface area contributed by atoms with E-state index < -0.39 is 0 Å². The topological polar surface area (TPSA) is 65.2 Å². The largest absolute Gasteiger partial charge is 0.361 e. The maximum atomic E-state index is 13.6. The van der Waals surface area contributed by atoms with E-state index in [0.29, 0.717) is 19.5 Å². The van der Waals surface area contributed by atoms with Crippen molar-refractivity contribution in [3.8, 4) is 0 Å². The van der Waals surface area contributed by atoms with Crippen LogP contribution in [0.5, 0.6) is 0 Å². The zero-order valence-corrected chi connectivity index (χ0v) is 16.7. The molecule has 0 bridgehead atoms. The van der Waals surface area contributed by atoms with E-state index in [0.717, 1.165) is 35.0 Å². The number of carbonyl (C=O) groups excluding carboxylic acids is 2. The monoisotopic (exact) mass is 405 g/mol. The molecule has 0 spiro atoms. The van der Waals surface area contributed by atoms with E-state index in [-0.39, 0.29) is 30.0 Å². The second-order valence-electron chi connectivity index (χ2n) is 8.32. The van der Waals surface area contributed by atoms with Gasteiger partial charge in [-0.25, -0.2) is 4.39 Å². The molecule has 0 unspecified atom stereocenters. The molecule has 1 fully saturated rings. The van der Waals surface area contributed by atoms with Crippen LogP contribution in [-0.2, 0) is 28.9 Å². The van der Waals surface area contributed by atoms with E-state index in [2.05, 4.69) is 22.4 Å². The van der Waals surface area contributed by atoms with Crippen LogP contribution in [0.25, 0.3) is 10.9 Å². The smallest absolute Gasteiger partial charge is 0.229 e. The molecule has 154 valence electrons. The normalized spacial score (nSPS) is 18.2. The molecule has 1 saturated heterocycles. The van der Waals surface area contributed by atoms with Crippen LogP contribution in [0.4, 0.5) is 10.1 Å². The van der Waals surface area contributed by atoms with Crippen molar-refractivity contribution >= 4 is 28.4 Å². The van der Waals surface area contributed by atoms with Gasteiger partial charge in [-0.1, -0.05) is 6.07 Å². The number of anilines is 1. The molecule has 0 radical (unpaired) electrons. The first kappa shape index (κ1) is 18.9. The van der Waals surface area contributed by atoms with Crippen molar-refractivity contribution in [2.45, 2.75) is 32.1 Å². The van der Waals surface area contributed by atoms with E-state index in [1.807, 2.05) is 12.3 Å². The second-order valence-corrected chi connectivity index (χ2v) is 8.32. The highest BCUT2D eigenvalue weighted by Crippen LogP contribution is 2.27. The first-order chi connectivity index (χ1) is 14.6. The van der Waals surface area contributed by atoms with Crippen LogP contribution in [0, 0.1) is 11.7 Å². The highest BCUT2D eigenvalue weighted by Gasteiger charge is 2.34. The van der Waals surface area contributed by atoms with Crippen molar-refractivity contribution in [3.63, 3.8) is 0 Å². The Labute approximate surface area is 174 Å². The van der Waals surface area contributed by atoms with Crippen molar-refractivity contribution in [3.05, 3.63) is 65.1 Å². The number of fused-ring (bicyclic) bond motifs is 2. The number of benzene rings is 2. The van der Waals surface area contributed by atoms with Gasteiger partial charge in [0, 0.05) is 42.3 Å². The number of nitrogens with zero attached hydrogens (tertiary/aromatic N) is 1. The molecule has 1 aliphatic carbocycles. The van der Waals surface area contributed by atoms with Gasteiger partial charge in [-0.15, -0.1) is 0 Å². The number of hydrogen-bond acceptors (Lipinski definition) is 2. The molecule has 2 heterocycles. The Kier molecular flexibility index (Phi) is 4.77. The Balaban J connectivity index is 1.21.